The van der Waals surface area contributed by atoms with Gasteiger partial charge in [0.1, 0.15) is 0 Å². The van der Waals surface area contributed by atoms with Crippen LogP contribution in [0, 0.1) is 5.92 Å². The van der Waals surface area contributed by atoms with E-state index in [1.807, 2.05) is 6.92 Å². The van der Waals surface area contributed by atoms with Gasteiger partial charge in [-0.15, -0.1) is 0 Å². The van der Waals surface area contributed by atoms with Gasteiger partial charge in [-0.3, -0.25) is 4.79 Å². The van der Waals surface area contributed by atoms with Crippen molar-refractivity contribution in [2.75, 3.05) is 19.8 Å². The van der Waals surface area contributed by atoms with E-state index in [-0.39, 0.29) is 12.5 Å². The topological polar surface area (TPSA) is 58.6 Å². The van der Waals surface area contributed by atoms with Crippen LogP contribution >= 0.6 is 0 Å². The lowest BCUT2D eigenvalue weighted by Gasteiger charge is -2.12. The maximum atomic E-state index is 11.5. The Kier molecular flexibility index (Phi) is 6.42. The Bertz CT molecular complexity index is 202. The van der Waals surface area contributed by atoms with Crippen molar-refractivity contribution < 1.29 is 14.6 Å². The Morgan fingerprint density at radius 2 is 2.44 bits per heavy atom. The van der Waals surface area contributed by atoms with Crippen LogP contribution in [0.1, 0.15) is 39.0 Å². The van der Waals surface area contributed by atoms with Gasteiger partial charge in [-0.05, 0) is 31.6 Å². The lowest BCUT2D eigenvalue weighted by molar-refractivity contribution is -0.121. The van der Waals surface area contributed by atoms with Crippen LogP contribution in [0.3, 0.4) is 0 Å². The minimum atomic E-state index is 0.0975. The molecule has 1 rings (SSSR count). The molecule has 0 bridgehead atoms. The number of aliphatic hydroxyl groups is 1. The van der Waals surface area contributed by atoms with E-state index in [0.29, 0.717) is 25.0 Å². The van der Waals surface area contributed by atoms with E-state index in [9.17, 15) is 4.79 Å². The molecular weight excluding hydrogens is 206 g/mol. The first-order valence-corrected chi connectivity index (χ1v) is 6.21. The second kappa shape index (κ2) is 7.63. The van der Waals surface area contributed by atoms with E-state index in [0.717, 1.165) is 32.3 Å². The number of hydrogen-bond donors (Lipinski definition) is 2. The first-order chi connectivity index (χ1) is 7.72. The molecule has 1 heterocycles. The predicted molar refractivity (Wildman–Crippen MR) is 62.1 cm³/mol. The molecule has 0 spiro atoms. The molecule has 1 saturated heterocycles. The average Bonchev–Trinajstić information content (AvgIpc) is 2.77. The van der Waals surface area contributed by atoms with E-state index in [1.54, 1.807) is 0 Å². The largest absolute Gasteiger partial charge is 0.396 e. The fourth-order valence-corrected chi connectivity index (χ4v) is 1.86. The summed E-state index contributed by atoms with van der Waals surface area (Å²) < 4.78 is 5.45. The van der Waals surface area contributed by atoms with Crippen LogP contribution in [-0.4, -0.2) is 36.9 Å². The Labute approximate surface area is 97.4 Å². The second-order valence-corrected chi connectivity index (χ2v) is 4.60. The SMILES string of the molecule is CC(CCO)CNC(=O)CCC1CCCO1. The summed E-state index contributed by atoms with van der Waals surface area (Å²) >= 11 is 0. The number of aliphatic hydroxyl groups excluding tert-OH is 1. The fourth-order valence-electron chi connectivity index (χ4n) is 1.86. The van der Waals surface area contributed by atoms with Crippen LogP contribution in [0.25, 0.3) is 0 Å². The van der Waals surface area contributed by atoms with Gasteiger partial charge in [0, 0.05) is 26.2 Å². The molecule has 94 valence electrons. The van der Waals surface area contributed by atoms with Crippen LogP contribution in [0.15, 0.2) is 0 Å². The molecule has 0 radical (unpaired) electrons. The first-order valence-electron chi connectivity index (χ1n) is 6.21. The van der Waals surface area contributed by atoms with Crippen molar-refractivity contribution in [2.45, 2.75) is 45.1 Å². The van der Waals surface area contributed by atoms with Gasteiger partial charge in [0.05, 0.1) is 6.10 Å². The summed E-state index contributed by atoms with van der Waals surface area (Å²) in [6.45, 7) is 3.72. The third kappa shape index (κ3) is 5.47. The molecule has 16 heavy (non-hydrogen) atoms. The zero-order valence-corrected chi connectivity index (χ0v) is 10.1. The molecular formula is C12H23NO3. The lowest BCUT2D eigenvalue weighted by atomic mass is 10.1. The van der Waals surface area contributed by atoms with Crippen molar-refractivity contribution in [3.63, 3.8) is 0 Å². The molecule has 2 N–H and O–H groups in total. The van der Waals surface area contributed by atoms with Crippen LogP contribution in [0.2, 0.25) is 0 Å². The molecule has 0 aromatic rings. The Hall–Kier alpha value is -0.610. The van der Waals surface area contributed by atoms with Gasteiger partial charge in [0.25, 0.3) is 0 Å². The van der Waals surface area contributed by atoms with Crippen molar-refractivity contribution in [3.8, 4) is 0 Å². The highest BCUT2D eigenvalue weighted by Crippen LogP contribution is 2.16. The average molecular weight is 229 g/mol. The zero-order valence-electron chi connectivity index (χ0n) is 10.1. The van der Waals surface area contributed by atoms with Crippen molar-refractivity contribution in [2.24, 2.45) is 5.92 Å². The third-order valence-corrected chi connectivity index (χ3v) is 2.99. The Morgan fingerprint density at radius 3 is 3.06 bits per heavy atom. The molecule has 0 aliphatic carbocycles. The van der Waals surface area contributed by atoms with Gasteiger partial charge >= 0.3 is 0 Å². The summed E-state index contributed by atoms with van der Waals surface area (Å²) in [4.78, 5) is 11.5. The number of hydrogen-bond acceptors (Lipinski definition) is 3. The standard InChI is InChI=1S/C12H23NO3/c1-10(6-7-14)9-13-12(15)5-4-11-3-2-8-16-11/h10-11,14H,2-9H2,1H3,(H,13,15). The molecule has 4 nitrogen and oxygen atoms in total. The Balaban J connectivity index is 2.01. The first kappa shape index (κ1) is 13.5. The number of ether oxygens (including phenoxy) is 1. The molecule has 2 atom stereocenters. The van der Waals surface area contributed by atoms with E-state index in [1.165, 1.54) is 0 Å². The highest BCUT2D eigenvalue weighted by atomic mass is 16.5. The molecule has 0 saturated carbocycles. The van der Waals surface area contributed by atoms with Crippen molar-refractivity contribution in [1.29, 1.82) is 0 Å². The molecule has 0 aromatic heterocycles. The van der Waals surface area contributed by atoms with Crippen molar-refractivity contribution in [3.05, 3.63) is 0 Å². The Morgan fingerprint density at radius 1 is 1.62 bits per heavy atom. The monoisotopic (exact) mass is 229 g/mol. The number of carbonyl (C=O) groups excluding carboxylic acids is 1. The van der Waals surface area contributed by atoms with Gasteiger partial charge in [-0.2, -0.15) is 0 Å². The summed E-state index contributed by atoms with van der Waals surface area (Å²) in [6, 6.07) is 0. The number of rotatable bonds is 7. The van der Waals surface area contributed by atoms with Crippen molar-refractivity contribution >= 4 is 5.91 Å². The highest BCUT2D eigenvalue weighted by molar-refractivity contribution is 5.75. The van der Waals surface area contributed by atoms with Crippen LogP contribution < -0.4 is 5.32 Å². The van der Waals surface area contributed by atoms with Crippen LogP contribution in [-0.2, 0) is 9.53 Å². The summed E-state index contributed by atoms with van der Waals surface area (Å²) in [7, 11) is 0. The quantitative estimate of drug-likeness (QED) is 0.687. The molecule has 1 aliphatic rings. The summed E-state index contributed by atoms with van der Waals surface area (Å²) in [5.41, 5.74) is 0. The van der Waals surface area contributed by atoms with E-state index >= 15 is 0 Å². The normalized spacial score (nSPS) is 22.0. The summed E-state index contributed by atoms with van der Waals surface area (Å²) in [5, 5.41) is 11.6. The van der Waals surface area contributed by atoms with E-state index in [4.69, 9.17) is 9.84 Å². The summed E-state index contributed by atoms with van der Waals surface area (Å²) in [5.74, 6) is 0.442. The zero-order chi connectivity index (χ0) is 11.8. The maximum absolute atomic E-state index is 11.5. The molecule has 2 unspecified atom stereocenters. The molecule has 1 fully saturated rings. The summed E-state index contributed by atoms with van der Waals surface area (Å²) in [6.07, 6.45) is 4.64. The second-order valence-electron chi connectivity index (χ2n) is 4.60. The molecule has 0 aromatic carbocycles. The van der Waals surface area contributed by atoms with Gasteiger partial charge in [0.2, 0.25) is 5.91 Å². The van der Waals surface area contributed by atoms with Gasteiger partial charge < -0.3 is 15.2 Å². The van der Waals surface area contributed by atoms with Gasteiger partial charge in [0.15, 0.2) is 0 Å². The van der Waals surface area contributed by atoms with E-state index in [2.05, 4.69) is 5.32 Å². The number of amides is 1. The predicted octanol–water partition coefficient (Wildman–Crippen LogP) is 1.08. The maximum Gasteiger partial charge on any atom is 0.220 e. The van der Waals surface area contributed by atoms with Gasteiger partial charge in [-0.1, -0.05) is 6.92 Å². The number of nitrogens with one attached hydrogen (secondary N) is 1. The minimum absolute atomic E-state index is 0.0975. The van der Waals surface area contributed by atoms with Gasteiger partial charge in [-0.25, -0.2) is 0 Å². The number of carbonyl (C=O) groups is 1. The minimum Gasteiger partial charge on any atom is -0.396 e. The van der Waals surface area contributed by atoms with Crippen LogP contribution in [0.5, 0.6) is 0 Å². The lowest BCUT2D eigenvalue weighted by Crippen LogP contribution is -2.29. The third-order valence-electron chi connectivity index (χ3n) is 2.99. The molecule has 1 aliphatic heterocycles. The van der Waals surface area contributed by atoms with E-state index < -0.39 is 0 Å². The smallest absolute Gasteiger partial charge is 0.220 e. The molecule has 4 heteroatoms. The van der Waals surface area contributed by atoms with Crippen molar-refractivity contribution in [1.82, 2.24) is 5.32 Å². The molecule has 1 amide bonds. The fraction of sp³-hybridized carbons (Fsp3) is 0.917. The van der Waals surface area contributed by atoms with Crippen LogP contribution in [0.4, 0.5) is 0 Å². The highest BCUT2D eigenvalue weighted by Gasteiger charge is 2.16.